The predicted molar refractivity (Wildman–Crippen MR) is 127 cm³/mol. The Labute approximate surface area is 212 Å². The van der Waals surface area contributed by atoms with Gasteiger partial charge in [0.1, 0.15) is 0 Å². The van der Waals surface area contributed by atoms with Gasteiger partial charge in [0.15, 0.2) is 0 Å². The summed E-state index contributed by atoms with van der Waals surface area (Å²) in [6.07, 6.45) is 7.24. The minimum absolute atomic E-state index is 0. The Balaban J connectivity index is 0.00000144. The van der Waals surface area contributed by atoms with Crippen LogP contribution < -0.4 is 24.8 Å². The maximum absolute atomic E-state index is 2.52. The molecule has 0 nitrogen and oxygen atoms in total. The second-order valence-corrected chi connectivity index (χ2v) is 16.5. The van der Waals surface area contributed by atoms with Crippen LogP contribution >= 0.6 is 0 Å². The molecule has 1 atom stereocenters. The van der Waals surface area contributed by atoms with E-state index in [1.54, 1.807) is 19.9 Å². The molecule has 0 saturated carbocycles. The van der Waals surface area contributed by atoms with Crippen LogP contribution in [0.2, 0.25) is 3.63 Å². The Bertz CT molecular complexity index is 1180. The van der Waals surface area contributed by atoms with E-state index in [9.17, 15) is 0 Å². The molecule has 5 rings (SSSR count). The Morgan fingerprint density at radius 1 is 0.719 bits per heavy atom. The number of fused-ring (bicyclic) bond motifs is 3. The maximum Gasteiger partial charge on any atom is -1.00 e. The molecule has 0 fully saturated rings. The summed E-state index contributed by atoms with van der Waals surface area (Å²) in [5, 5.41) is 0. The third-order valence-corrected chi connectivity index (χ3v) is 15.5. The zero-order chi connectivity index (χ0) is 20.8. The first kappa shape index (κ1) is 25.1. The predicted octanol–water partition coefficient (Wildman–Crippen LogP) is 1.65. The maximum atomic E-state index is 2.52. The van der Waals surface area contributed by atoms with Gasteiger partial charge < -0.3 is 24.8 Å². The van der Waals surface area contributed by atoms with Gasteiger partial charge >= 0.3 is 189 Å². The van der Waals surface area contributed by atoms with Crippen LogP contribution in [-0.2, 0) is 21.3 Å². The van der Waals surface area contributed by atoms with Gasteiger partial charge in [0, 0.05) is 0 Å². The number of aryl methyl sites for hydroxylation is 2. The molecule has 2 aliphatic carbocycles. The van der Waals surface area contributed by atoms with Gasteiger partial charge in [0.2, 0.25) is 0 Å². The van der Waals surface area contributed by atoms with Crippen LogP contribution in [0.25, 0.3) is 16.7 Å². The molecular formula is C29H28Cl2Zr. The second-order valence-electron chi connectivity index (χ2n) is 8.81. The Morgan fingerprint density at radius 2 is 1.25 bits per heavy atom. The summed E-state index contributed by atoms with van der Waals surface area (Å²) in [5.74, 6) is 0. The summed E-state index contributed by atoms with van der Waals surface area (Å²) in [6.45, 7) is 9.36. The standard InChI is InChI=1S/C13H9.C13H13.C3H6.2ClH.Zr/c1-3-7-12-10(5-1)9-11-6-2-4-8-13(11)12;1-10-6-5-7-11(2)13(10)12-8-3-4-9-12;1-3-2;;;/h1-9H;3-9H,1-2H3;1-2H3;2*1H;/q;;;;;+2/p-2. The summed E-state index contributed by atoms with van der Waals surface area (Å²) < 4.78 is 2.87. The van der Waals surface area contributed by atoms with Crippen LogP contribution in [0.3, 0.4) is 0 Å². The number of allylic oxidation sites excluding steroid dienone is 4. The summed E-state index contributed by atoms with van der Waals surface area (Å²) in [7, 11) is 0. The van der Waals surface area contributed by atoms with Gasteiger partial charge in [-0.3, -0.25) is 0 Å². The quantitative estimate of drug-likeness (QED) is 0.476. The molecule has 162 valence electrons. The molecule has 0 bridgehead atoms. The molecule has 0 amide bonds. The normalized spacial score (nSPS) is 15.6. The molecule has 3 heteroatoms. The van der Waals surface area contributed by atoms with Crippen molar-refractivity contribution < 1.29 is 46.1 Å². The SMILES string of the molecule is C[C](C)=[Zr+2]([CH]1C=CC=C1c1c(C)cccc1C)[CH]1c2ccccc2-c2ccccc21.[Cl-].[Cl-]. The largest absolute Gasteiger partial charge is 1.00 e. The van der Waals surface area contributed by atoms with Crippen molar-refractivity contribution in [3.63, 3.8) is 0 Å². The zero-order valence-electron chi connectivity index (χ0n) is 19.0. The van der Waals surface area contributed by atoms with E-state index in [0.717, 1.165) is 0 Å². The van der Waals surface area contributed by atoms with Gasteiger partial charge in [-0.05, 0) is 0 Å². The minimum atomic E-state index is -2.15. The minimum Gasteiger partial charge on any atom is -1.00 e. The molecule has 0 radical (unpaired) electrons. The fourth-order valence-electron chi connectivity index (χ4n) is 5.53. The Morgan fingerprint density at radius 3 is 1.78 bits per heavy atom. The molecule has 0 N–H and O–H groups in total. The molecular weight excluding hydrogens is 510 g/mol. The van der Waals surface area contributed by atoms with Crippen LogP contribution in [0.15, 0.2) is 85.0 Å². The zero-order valence-corrected chi connectivity index (χ0v) is 23.0. The van der Waals surface area contributed by atoms with Gasteiger partial charge in [-0.2, -0.15) is 0 Å². The van der Waals surface area contributed by atoms with Gasteiger partial charge in [-0.1, -0.05) is 0 Å². The van der Waals surface area contributed by atoms with Crippen molar-refractivity contribution in [2.45, 2.75) is 34.9 Å². The Kier molecular flexibility index (Phi) is 7.98. The van der Waals surface area contributed by atoms with Crippen LogP contribution in [0.1, 0.15) is 45.3 Å². The topological polar surface area (TPSA) is 0 Å². The second kappa shape index (κ2) is 10.2. The van der Waals surface area contributed by atoms with Gasteiger partial charge in [-0.15, -0.1) is 0 Å². The average Bonchev–Trinajstić information content (AvgIpc) is 3.32. The molecule has 1 unspecified atom stereocenters. The van der Waals surface area contributed by atoms with Crippen molar-refractivity contribution in [2.24, 2.45) is 0 Å². The van der Waals surface area contributed by atoms with Gasteiger partial charge in [0.25, 0.3) is 0 Å². The smallest absolute Gasteiger partial charge is 1.00 e. The first-order valence-electron chi connectivity index (χ1n) is 10.9. The van der Waals surface area contributed by atoms with Crippen LogP contribution in [0.5, 0.6) is 0 Å². The van der Waals surface area contributed by atoms with Crippen molar-refractivity contribution >= 4 is 8.78 Å². The molecule has 0 aromatic heterocycles. The molecule has 2 aliphatic rings. The molecule has 0 aliphatic heterocycles. The Hall–Kier alpha value is -1.53. The van der Waals surface area contributed by atoms with E-state index in [0.29, 0.717) is 7.25 Å². The van der Waals surface area contributed by atoms with Crippen LogP contribution in [0, 0.1) is 13.8 Å². The average molecular weight is 539 g/mol. The summed E-state index contributed by atoms with van der Waals surface area (Å²) in [4.78, 5) is 0. The van der Waals surface area contributed by atoms with Crippen LogP contribution in [-0.4, -0.2) is 3.21 Å². The van der Waals surface area contributed by atoms with E-state index >= 15 is 0 Å². The van der Waals surface area contributed by atoms with E-state index in [1.165, 1.54) is 27.8 Å². The third-order valence-electron chi connectivity index (χ3n) is 6.74. The van der Waals surface area contributed by atoms with E-state index in [-0.39, 0.29) is 24.8 Å². The number of rotatable bonds is 3. The molecule has 0 heterocycles. The molecule has 0 saturated heterocycles. The molecule has 32 heavy (non-hydrogen) atoms. The monoisotopic (exact) mass is 536 g/mol. The third kappa shape index (κ3) is 4.09. The van der Waals surface area contributed by atoms with E-state index in [4.69, 9.17) is 0 Å². The molecule has 0 spiro atoms. The van der Waals surface area contributed by atoms with E-state index < -0.39 is 21.3 Å². The van der Waals surface area contributed by atoms with Crippen molar-refractivity contribution in [1.29, 1.82) is 0 Å². The van der Waals surface area contributed by atoms with Crippen molar-refractivity contribution in [3.8, 4) is 11.1 Å². The fraction of sp³-hybridized carbons (Fsp3) is 0.207. The van der Waals surface area contributed by atoms with E-state index in [1.807, 2.05) is 0 Å². The molecule has 3 aromatic rings. The first-order valence-corrected chi connectivity index (χ1v) is 14.9. The van der Waals surface area contributed by atoms with Crippen molar-refractivity contribution in [2.75, 3.05) is 0 Å². The summed E-state index contributed by atoms with van der Waals surface area (Å²) in [6, 6.07) is 25.0. The van der Waals surface area contributed by atoms with Gasteiger partial charge in [0.05, 0.1) is 0 Å². The van der Waals surface area contributed by atoms with Crippen molar-refractivity contribution in [3.05, 3.63) is 113 Å². The number of hydrogen-bond acceptors (Lipinski definition) is 0. The van der Waals surface area contributed by atoms with E-state index in [2.05, 4.69) is 113 Å². The van der Waals surface area contributed by atoms with Gasteiger partial charge in [-0.25, -0.2) is 0 Å². The number of hydrogen-bond donors (Lipinski definition) is 0. The van der Waals surface area contributed by atoms with Crippen molar-refractivity contribution in [1.82, 2.24) is 0 Å². The molecule has 3 aromatic carbocycles. The summed E-state index contributed by atoms with van der Waals surface area (Å²) in [5.41, 5.74) is 11.9. The fourth-order valence-corrected chi connectivity index (χ4v) is 14.4. The summed E-state index contributed by atoms with van der Waals surface area (Å²) >= 11 is -2.15. The first-order chi connectivity index (χ1) is 14.6. The van der Waals surface area contributed by atoms with Crippen LogP contribution in [0.4, 0.5) is 0 Å². The number of halogens is 2. The number of benzene rings is 3.